The molecule has 8 heteroatoms. The number of aryl methyl sites for hydroxylation is 1. The molecule has 24 heavy (non-hydrogen) atoms. The molecule has 1 fully saturated rings. The molecule has 2 aromatic heterocycles. The van der Waals surface area contributed by atoms with Gasteiger partial charge in [0.05, 0.1) is 12.4 Å². The van der Waals surface area contributed by atoms with Crippen molar-refractivity contribution in [3.05, 3.63) is 30.9 Å². The second kappa shape index (κ2) is 7.46. The maximum absolute atomic E-state index is 4.76. The van der Waals surface area contributed by atoms with Gasteiger partial charge in [-0.05, 0) is 19.3 Å². The Bertz CT molecular complexity index is 659. The van der Waals surface area contributed by atoms with E-state index in [1.807, 2.05) is 30.3 Å². The second-order valence-electron chi connectivity index (χ2n) is 6.32. The molecular weight excluding hydrogens is 304 g/mol. The predicted molar refractivity (Wildman–Crippen MR) is 92.4 cm³/mol. The Hall–Kier alpha value is -2.38. The fourth-order valence-electron chi connectivity index (χ4n) is 3.12. The molecule has 130 valence electrons. The van der Waals surface area contributed by atoms with E-state index in [2.05, 4.69) is 43.8 Å². The average molecular weight is 330 g/mol. The van der Waals surface area contributed by atoms with Crippen molar-refractivity contribution < 1.29 is 0 Å². The van der Waals surface area contributed by atoms with Gasteiger partial charge in [0, 0.05) is 39.1 Å². The summed E-state index contributed by atoms with van der Waals surface area (Å²) < 4.78 is 4.11. The van der Waals surface area contributed by atoms with Crippen molar-refractivity contribution in [3.8, 4) is 0 Å². The zero-order valence-electron chi connectivity index (χ0n) is 14.6. The molecule has 0 saturated carbocycles. The molecule has 2 unspecified atom stereocenters. The summed E-state index contributed by atoms with van der Waals surface area (Å²) in [6, 6.07) is 0.417. The first-order valence-electron chi connectivity index (χ1n) is 8.52. The van der Waals surface area contributed by atoms with Gasteiger partial charge in [-0.3, -0.25) is 0 Å². The highest BCUT2D eigenvalue weighted by atomic mass is 15.3. The fourth-order valence-corrected chi connectivity index (χ4v) is 3.12. The lowest BCUT2D eigenvalue weighted by molar-refractivity contribution is 0.189. The number of rotatable bonds is 4. The topological polar surface area (TPSA) is 76.2 Å². The number of imidazole rings is 1. The van der Waals surface area contributed by atoms with Crippen molar-refractivity contribution >= 4 is 5.96 Å². The molecule has 0 aliphatic carbocycles. The normalized spacial score (nSPS) is 22.0. The first kappa shape index (κ1) is 16.5. The highest BCUT2D eigenvalue weighted by Crippen LogP contribution is 2.27. The number of nitrogens with zero attached hydrogens (tertiary/aromatic N) is 7. The minimum atomic E-state index is 0.417. The van der Waals surface area contributed by atoms with Gasteiger partial charge in [0.2, 0.25) is 0 Å². The van der Waals surface area contributed by atoms with Crippen LogP contribution in [0.5, 0.6) is 0 Å². The predicted octanol–water partition coefficient (Wildman–Crippen LogP) is 1.06. The monoisotopic (exact) mass is 330 g/mol. The minimum absolute atomic E-state index is 0.417. The van der Waals surface area contributed by atoms with Gasteiger partial charge in [0.15, 0.2) is 11.8 Å². The van der Waals surface area contributed by atoms with Crippen molar-refractivity contribution in [2.75, 3.05) is 19.6 Å². The van der Waals surface area contributed by atoms with Crippen molar-refractivity contribution in [1.82, 2.24) is 34.5 Å². The quantitative estimate of drug-likeness (QED) is 0.670. The molecule has 0 radical (unpaired) electrons. The van der Waals surface area contributed by atoms with E-state index >= 15 is 0 Å². The molecule has 2 aromatic rings. The zero-order valence-corrected chi connectivity index (χ0v) is 14.6. The van der Waals surface area contributed by atoms with Crippen LogP contribution in [0.25, 0.3) is 0 Å². The maximum atomic E-state index is 4.76. The second-order valence-corrected chi connectivity index (χ2v) is 6.32. The summed E-state index contributed by atoms with van der Waals surface area (Å²) in [6.07, 6.45) is 8.65. The number of nitrogens with one attached hydrogen (secondary N) is 1. The third-order valence-electron chi connectivity index (χ3n) is 4.64. The first-order chi connectivity index (χ1) is 11.7. The summed E-state index contributed by atoms with van der Waals surface area (Å²) in [4.78, 5) is 11.3. The Morgan fingerprint density at radius 3 is 2.96 bits per heavy atom. The van der Waals surface area contributed by atoms with Gasteiger partial charge >= 0.3 is 0 Å². The van der Waals surface area contributed by atoms with E-state index in [1.165, 1.54) is 0 Å². The summed E-state index contributed by atoms with van der Waals surface area (Å²) in [5, 5.41) is 11.4. The van der Waals surface area contributed by atoms with Crippen LogP contribution in [-0.4, -0.2) is 54.8 Å². The largest absolute Gasteiger partial charge is 0.357 e. The molecule has 0 spiro atoms. The lowest BCUT2D eigenvalue weighted by atomic mass is 9.93. The van der Waals surface area contributed by atoms with E-state index in [9.17, 15) is 0 Å². The van der Waals surface area contributed by atoms with E-state index in [-0.39, 0.29) is 0 Å². The van der Waals surface area contributed by atoms with Crippen LogP contribution in [0, 0.1) is 5.92 Å². The molecule has 3 heterocycles. The van der Waals surface area contributed by atoms with E-state index in [0.717, 1.165) is 37.8 Å². The number of guanidine groups is 1. The lowest BCUT2D eigenvalue weighted by Gasteiger charge is -2.39. The number of piperidine rings is 1. The summed E-state index contributed by atoms with van der Waals surface area (Å²) in [5.74, 6) is 2.43. The molecule has 1 saturated heterocycles. The zero-order chi connectivity index (χ0) is 16.9. The van der Waals surface area contributed by atoms with Gasteiger partial charge in [-0.15, -0.1) is 10.2 Å². The Labute approximate surface area is 142 Å². The SMILES string of the molecule is CCNC(=NCc1nncn1C)N1CCC(C)C(n2ccnc2)C1. The highest BCUT2D eigenvalue weighted by molar-refractivity contribution is 5.80. The average Bonchev–Trinajstić information content (AvgIpc) is 3.24. The van der Waals surface area contributed by atoms with Crippen LogP contribution in [0.4, 0.5) is 0 Å². The molecule has 0 aromatic carbocycles. The van der Waals surface area contributed by atoms with Crippen LogP contribution < -0.4 is 5.32 Å². The van der Waals surface area contributed by atoms with Crippen LogP contribution in [0.15, 0.2) is 30.0 Å². The molecular formula is C16H26N8. The number of aromatic nitrogens is 5. The molecule has 1 aliphatic rings. The van der Waals surface area contributed by atoms with Crippen LogP contribution >= 0.6 is 0 Å². The number of hydrogen-bond acceptors (Lipinski definition) is 4. The van der Waals surface area contributed by atoms with Gasteiger partial charge in [-0.1, -0.05) is 6.92 Å². The van der Waals surface area contributed by atoms with Crippen molar-refractivity contribution in [2.45, 2.75) is 32.9 Å². The van der Waals surface area contributed by atoms with Gasteiger partial charge in [-0.2, -0.15) is 0 Å². The van der Waals surface area contributed by atoms with E-state index < -0.39 is 0 Å². The molecule has 8 nitrogen and oxygen atoms in total. The van der Waals surface area contributed by atoms with Gasteiger partial charge in [-0.25, -0.2) is 9.98 Å². The highest BCUT2D eigenvalue weighted by Gasteiger charge is 2.28. The molecule has 0 bridgehead atoms. The van der Waals surface area contributed by atoms with Gasteiger partial charge in [0.1, 0.15) is 12.9 Å². The van der Waals surface area contributed by atoms with Gasteiger partial charge < -0.3 is 19.4 Å². The summed E-state index contributed by atoms with van der Waals surface area (Å²) in [7, 11) is 1.94. The van der Waals surface area contributed by atoms with Gasteiger partial charge in [0.25, 0.3) is 0 Å². The molecule has 1 N–H and O–H groups in total. The van der Waals surface area contributed by atoms with E-state index in [4.69, 9.17) is 4.99 Å². The maximum Gasteiger partial charge on any atom is 0.194 e. The van der Waals surface area contributed by atoms with Crippen LogP contribution in [0.2, 0.25) is 0 Å². The number of likely N-dealkylation sites (tertiary alicyclic amines) is 1. The van der Waals surface area contributed by atoms with E-state index in [0.29, 0.717) is 18.5 Å². The minimum Gasteiger partial charge on any atom is -0.357 e. The van der Waals surface area contributed by atoms with Crippen molar-refractivity contribution in [3.63, 3.8) is 0 Å². The van der Waals surface area contributed by atoms with Crippen LogP contribution in [0.1, 0.15) is 32.1 Å². The third-order valence-corrected chi connectivity index (χ3v) is 4.64. The van der Waals surface area contributed by atoms with E-state index in [1.54, 1.807) is 6.33 Å². The third kappa shape index (κ3) is 3.58. The number of hydrogen-bond donors (Lipinski definition) is 1. The Balaban J connectivity index is 1.74. The molecule has 0 amide bonds. The van der Waals surface area contributed by atoms with Crippen molar-refractivity contribution in [1.29, 1.82) is 0 Å². The van der Waals surface area contributed by atoms with Crippen LogP contribution in [-0.2, 0) is 13.6 Å². The Morgan fingerprint density at radius 1 is 1.42 bits per heavy atom. The molecule has 3 rings (SSSR count). The standard InChI is InChI=1S/C16H26N8/c1-4-18-16(19-9-15-21-20-12-22(15)3)23-7-5-13(2)14(10-23)24-8-6-17-11-24/h6,8,11-14H,4-5,7,9-10H2,1-3H3,(H,18,19). The Morgan fingerprint density at radius 2 is 2.29 bits per heavy atom. The van der Waals surface area contributed by atoms with Crippen LogP contribution in [0.3, 0.4) is 0 Å². The summed E-state index contributed by atoms with van der Waals surface area (Å²) in [6.45, 7) is 7.72. The fraction of sp³-hybridized carbons (Fsp3) is 0.625. The summed E-state index contributed by atoms with van der Waals surface area (Å²) in [5.41, 5.74) is 0. The van der Waals surface area contributed by atoms with Crippen molar-refractivity contribution in [2.24, 2.45) is 18.0 Å². The molecule has 1 aliphatic heterocycles. The first-order valence-corrected chi connectivity index (χ1v) is 8.52. The summed E-state index contributed by atoms with van der Waals surface area (Å²) >= 11 is 0. The smallest absolute Gasteiger partial charge is 0.194 e. The Kier molecular flexibility index (Phi) is 5.12. The lowest BCUT2D eigenvalue weighted by Crippen LogP contribution is -2.49. The molecule has 2 atom stereocenters. The number of aliphatic imine (C=N–C) groups is 1.